The first-order valence-corrected chi connectivity index (χ1v) is 11.2. The van der Waals surface area contributed by atoms with Crippen molar-refractivity contribution in [2.45, 2.75) is 26.8 Å². The quantitative estimate of drug-likeness (QED) is 0.517. The molecule has 1 atom stereocenters. The van der Waals surface area contributed by atoms with Crippen molar-refractivity contribution >= 4 is 23.4 Å². The minimum Gasteiger partial charge on any atom is -0.493 e. The third kappa shape index (κ3) is 4.11. The molecule has 0 saturated carbocycles. The maximum absolute atomic E-state index is 13.5. The second kappa shape index (κ2) is 9.11. The van der Waals surface area contributed by atoms with Gasteiger partial charge in [-0.05, 0) is 50.6 Å². The van der Waals surface area contributed by atoms with E-state index in [0.717, 1.165) is 5.76 Å². The molecule has 0 bridgehead atoms. The molecule has 8 nitrogen and oxygen atoms in total. The van der Waals surface area contributed by atoms with Crippen molar-refractivity contribution in [2.24, 2.45) is 4.99 Å². The molecular formula is C24H24N2O6S. The number of ether oxygens (including phenoxy) is 3. The predicted molar refractivity (Wildman–Crippen MR) is 123 cm³/mol. The number of rotatable bonds is 6. The monoisotopic (exact) mass is 468 g/mol. The Kier molecular flexibility index (Phi) is 6.24. The molecule has 0 N–H and O–H groups in total. The van der Waals surface area contributed by atoms with Gasteiger partial charge < -0.3 is 18.6 Å². The first kappa shape index (κ1) is 22.6. The van der Waals surface area contributed by atoms with E-state index in [1.165, 1.54) is 23.0 Å². The number of nitrogens with zero attached hydrogens (tertiary/aromatic N) is 2. The van der Waals surface area contributed by atoms with Crippen LogP contribution in [0.4, 0.5) is 0 Å². The van der Waals surface area contributed by atoms with Crippen molar-refractivity contribution in [1.82, 2.24) is 4.57 Å². The molecule has 0 unspecified atom stereocenters. The van der Waals surface area contributed by atoms with Gasteiger partial charge in [-0.1, -0.05) is 17.4 Å². The third-order valence-corrected chi connectivity index (χ3v) is 6.26. The van der Waals surface area contributed by atoms with E-state index >= 15 is 0 Å². The standard InChI is InChI=1S/C24H24N2O6S/c1-6-31-23(28)20-14(3)25-24-26(21(20)15-8-10-17(29-4)18(11-15)30-5)22(27)19(33-24)12-16-9-7-13(2)32-16/h7-12,21H,6H2,1-5H3/t21-/m1/s1. The van der Waals surface area contributed by atoms with Gasteiger partial charge in [0, 0.05) is 6.08 Å². The summed E-state index contributed by atoms with van der Waals surface area (Å²) >= 11 is 1.24. The van der Waals surface area contributed by atoms with Crippen LogP contribution in [0.1, 0.15) is 37.0 Å². The second-order valence-corrected chi connectivity index (χ2v) is 8.37. The van der Waals surface area contributed by atoms with Crippen LogP contribution in [0.3, 0.4) is 0 Å². The highest BCUT2D eigenvalue weighted by Gasteiger charge is 2.33. The lowest BCUT2D eigenvalue weighted by Crippen LogP contribution is -2.39. The van der Waals surface area contributed by atoms with E-state index < -0.39 is 12.0 Å². The Labute approximate surface area is 194 Å². The number of allylic oxidation sites excluding steroid dienone is 1. The number of aromatic nitrogens is 1. The largest absolute Gasteiger partial charge is 0.493 e. The van der Waals surface area contributed by atoms with Crippen LogP contribution in [0.5, 0.6) is 11.5 Å². The average molecular weight is 469 g/mol. The number of furan rings is 1. The molecule has 0 aliphatic carbocycles. The molecule has 0 radical (unpaired) electrons. The molecule has 3 heterocycles. The zero-order valence-electron chi connectivity index (χ0n) is 19.0. The van der Waals surface area contributed by atoms with Crippen LogP contribution in [-0.4, -0.2) is 31.4 Å². The summed E-state index contributed by atoms with van der Waals surface area (Å²) in [6.07, 6.45) is 1.69. The molecule has 0 saturated heterocycles. The summed E-state index contributed by atoms with van der Waals surface area (Å²) in [5.41, 5.74) is 1.19. The SMILES string of the molecule is CCOC(=O)C1=C(C)N=c2sc(=Cc3ccc(C)o3)c(=O)n2[C@@H]1c1ccc(OC)c(OC)c1. The molecule has 2 aromatic heterocycles. The van der Waals surface area contributed by atoms with Gasteiger partial charge in [0.2, 0.25) is 0 Å². The number of fused-ring (bicyclic) bond motifs is 1. The summed E-state index contributed by atoms with van der Waals surface area (Å²) in [4.78, 5) is 31.5. The number of carbonyl (C=O) groups is 1. The summed E-state index contributed by atoms with van der Waals surface area (Å²) in [6, 6.07) is 8.20. The zero-order valence-corrected chi connectivity index (χ0v) is 19.8. The van der Waals surface area contributed by atoms with Crippen LogP contribution in [0.25, 0.3) is 6.08 Å². The van der Waals surface area contributed by atoms with Gasteiger partial charge in [-0.15, -0.1) is 0 Å². The van der Waals surface area contributed by atoms with E-state index in [-0.39, 0.29) is 12.2 Å². The lowest BCUT2D eigenvalue weighted by molar-refractivity contribution is -0.139. The van der Waals surface area contributed by atoms with Gasteiger partial charge in [0.05, 0.1) is 42.7 Å². The normalized spacial score (nSPS) is 15.8. The van der Waals surface area contributed by atoms with Gasteiger partial charge >= 0.3 is 5.97 Å². The number of esters is 1. The van der Waals surface area contributed by atoms with E-state index in [0.29, 0.717) is 43.4 Å². The topological polar surface area (TPSA) is 92.3 Å². The Bertz CT molecular complexity index is 1430. The van der Waals surface area contributed by atoms with Crippen LogP contribution in [-0.2, 0) is 9.53 Å². The number of carbonyl (C=O) groups excluding carboxylic acids is 1. The van der Waals surface area contributed by atoms with Crippen LogP contribution in [0.15, 0.2) is 55.8 Å². The molecule has 9 heteroatoms. The number of benzene rings is 1. The maximum Gasteiger partial charge on any atom is 0.338 e. The molecule has 33 heavy (non-hydrogen) atoms. The summed E-state index contributed by atoms with van der Waals surface area (Å²) in [6.45, 7) is 5.52. The fourth-order valence-electron chi connectivity index (χ4n) is 3.79. The van der Waals surface area contributed by atoms with Crippen molar-refractivity contribution in [1.29, 1.82) is 0 Å². The van der Waals surface area contributed by atoms with Crippen molar-refractivity contribution < 1.29 is 23.4 Å². The Balaban J connectivity index is 1.97. The van der Waals surface area contributed by atoms with Crippen LogP contribution in [0, 0.1) is 6.92 Å². The highest BCUT2D eigenvalue weighted by atomic mass is 32.1. The minimum absolute atomic E-state index is 0.205. The van der Waals surface area contributed by atoms with Gasteiger partial charge in [-0.3, -0.25) is 9.36 Å². The van der Waals surface area contributed by atoms with E-state index in [1.54, 1.807) is 51.3 Å². The molecule has 4 rings (SSSR count). The van der Waals surface area contributed by atoms with Gasteiger partial charge in [0.1, 0.15) is 11.5 Å². The summed E-state index contributed by atoms with van der Waals surface area (Å²) in [5.74, 6) is 1.83. The molecule has 0 spiro atoms. The summed E-state index contributed by atoms with van der Waals surface area (Å²) < 4.78 is 23.7. The van der Waals surface area contributed by atoms with Crippen molar-refractivity contribution in [3.05, 3.63) is 78.4 Å². The van der Waals surface area contributed by atoms with Crippen LogP contribution in [0.2, 0.25) is 0 Å². The van der Waals surface area contributed by atoms with Crippen molar-refractivity contribution in [2.75, 3.05) is 20.8 Å². The maximum atomic E-state index is 13.5. The number of hydrogen-bond acceptors (Lipinski definition) is 8. The molecule has 172 valence electrons. The first-order chi connectivity index (χ1) is 15.9. The number of methoxy groups -OCH3 is 2. The lowest BCUT2D eigenvalue weighted by Gasteiger charge is -2.25. The highest BCUT2D eigenvalue weighted by Crippen LogP contribution is 2.36. The molecule has 3 aromatic rings. The fourth-order valence-corrected chi connectivity index (χ4v) is 4.82. The molecule has 0 fully saturated rings. The average Bonchev–Trinajstić information content (AvgIpc) is 3.34. The van der Waals surface area contributed by atoms with Crippen LogP contribution < -0.4 is 24.4 Å². The molecule has 1 aliphatic heterocycles. The highest BCUT2D eigenvalue weighted by molar-refractivity contribution is 7.07. The van der Waals surface area contributed by atoms with Gasteiger partial charge in [0.15, 0.2) is 16.3 Å². The predicted octanol–water partition coefficient (Wildman–Crippen LogP) is 2.72. The van der Waals surface area contributed by atoms with Gasteiger partial charge in [-0.25, -0.2) is 9.79 Å². The van der Waals surface area contributed by atoms with E-state index in [9.17, 15) is 9.59 Å². The minimum atomic E-state index is -0.736. The van der Waals surface area contributed by atoms with Crippen LogP contribution >= 0.6 is 11.3 Å². The fraction of sp³-hybridized carbons (Fsp3) is 0.292. The van der Waals surface area contributed by atoms with Gasteiger partial charge in [-0.2, -0.15) is 0 Å². The van der Waals surface area contributed by atoms with Crippen molar-refractivity contribution in [3.63, 3.8) is 0 Å². The second-order valence-electron chi connectivity index (χ2n) is 7.37. The molecule has 0 amide bonds. The zero-order chi connectivity index (χ0) is 23.7. The van der Waals surface area contributed by atoms with Gasteiger partial charge in [0.25, 0.3) is 5.56 Å². The Morgan fingerprint density at radius 3 is 2.58 bits per heavy atom. The number of aryl methyl sites for hydroxylation is 1. The first-order valence-electron chi connectivity index (χ1n) is 10.4. The summed E-state index contributed by atoms with van der Waals surface area (Å²) in [5, 5.41) is 0. The smallest absolute Gasteiger partial charge is 0.338 e. The van der Waals surface area contributed by atoms with E-state index in [4.69, 9.17) is 18.6 Å². The third-order valence-electron chi connectivity index (χ3n) is 5.27. The van der Waals surface area contributed by atoms with Crippen molar-refractivity contribution in [3.8, 4) is 11.5 Å². The molecule has 1 aliphatic rings. The molecular weight excluding hydrogens is 444 g/mol. The Morgan fingerprint density at radius 1 is 1.18 bits per heavy atom. The molecule has 1 aromatic carbocycles. The number of hydrogen-bond donors (Lipinski definition) is 0. The Hall–Kier alpha value is -3.59. The summed E-state index contributed by atoms with van der Waals surface area (Å²) in [7, 11) is 3.08. The van der Waals surface area contributed by atoms with E-state index in [2.05, 4.69) is 4.99 Å². The Morgan fingerprint density at radius 2 is 1.94 bits per heavy atom. The lowest BCUT2D eigenvalue weighted by atomic mass is 9.95. The number of thiazole rings is 1. The van der Waals surface area contributed by atoms with E-state index in [1.807, 2.05) is 13.0 Å².